The highest BCUT2D eigenvalue weighted by atomic mass is 15.3. The van der Waals surface area contributed by atoms with Crippen LogP contribution < -0.4 is 5.73 Å². The van der Waals surface area contributed by atoms with Gasteiger partial charge in [-0.25, -0.2) is 4.68 Å². The Morgan fingerprint density at radius 2 is 1.94 bits per heavy atom. The van der Waals surface area contributed by atoms with Crippen molar-refractivity contribution in [3.8, 4) is 5.69 Å². The minimum absolute atomic E-state index is 0.666. The average Bonchev–Trinajstić information content (AvgIpc) is 2.65. The first-order chi connectivity index (χ1) is 8.11. The Labute approximate surface area is 102 Å². The Balaban J connectivity index is 2.39. The van der Waals surface area contributed by atoms with Crippen LogP contribution in [0.15, 0.2) is 24.4 Å². The highest BCUT2D eigenvalue weighted by molar-refractivity contribution is 5.39. The molecule has 1 aromatic carbocycles. The Kier molecular flexibility index (Phi) is 3.29. The number of hydrogen-bond acceptors (Lipinski definition) is 2. The van der Waals surface area contributed by atoms with Gasteiger partial charge in [-0.3, -0.25) is 0 Å². The Morgan fingerprint density at radius 1 is 1.18 bits per heavy atom. The van der Waals surface area contributed by atoms with Crippen LogP contribution in [0, 0.1) is 20.8 Å². The van der Waals surface area contributed by atoms with Crippen LogP contribution in [0.3, 0.4) is 0 Å². The van der Waals surface area contributed by atoms with Crippen LogP contribution in [-0.2, 0) is 6.42 Å². The summed E-state index contributed by atoms with van der Waals surface area (Å²) in [6, 6.07) is 6.39. The van der Waals surface area contributed by atoms with Crippen LogP contribution in [0.4, 0.5) is 0 Å². The Morgan fingerprint density at radius 3 is 2.59 bits per heavy atom. The normalized spacial score (nSPS) is 10.8. The molecule has 90 valence electrons. The molecule has 2 N–H and O–H groups in total. The summed E-state index contributed by atoms with van der Waals surface area (Å²) in [5.41, 5.74) is 11.6. The van der Waals surface area contributed by atoms with E-state index in [0.717, 1.165) is 17.8 Å². The summed E-state index contributed by atoms with van der Waals surface area (Å²) in [6.45, 7) is 6.94. The van der Waals surface area contributed by atoms with E-state index in [1.54, 1.807) is 0 Å². The van der Waals surface area contributed by atoms with E-state index in [0.29, 0.717) is 6.54 Å². The second kappa shape index (κ2) is 4.72. The predicted molar refractivity (Wildman–Crippen MR) is 70.5 cm³/mol. The van der Waals surface area contributed by atoms with E-state index in [4.69, 9.17) is 5.73 Å². The largest absolute Gasteiger partial charge is 0.330 e. The van der Waals surface area contributed by atoms with E-state index in [2.05, 4.69) is 43.3 Å². The van der Waals surface area contributed by atoms with Gasteiger partial charge in [0.2, 0.25) is 0 Å². The molecule has 1 aromatic heterocycles. The summed E-state index contributed by atoms with van der Waals surface area (Å²) in [4.78, 5) is 0. The smallest absolute Gasteiger partial charge is 0.0648 e. The zero-order valence-corrected chi connectivity index (χ0v) is 10.7. The van der Waals surface area contributed by atoms with E-state index in [1.165, 1.54) is 16.7 Å². The number of nitrogens with two attached hydrogens (primary N) is 1. The molecule has 0 amide bonds. The fourth-order valence-electron chi connectivity index (χ4n) is 1.90. The number of rotatable bonds is 3. The van der Waals surface area contributed by atoms with Crippen LogP contribution in [0.1, 0.15) is 22.4 Å². The van der Waals surface area contributed by atoms with Crippen molar-refractivity contribution in [1.82, 2.24) is 9.78 Å². The van der Waals surface area contributed by atoms with Gasteiger partial charge >= 0.3 is 0 Å². The molecule has 0 aliphatic rings. The first-order valence-electron chi connectivity index (χ1n) is 5.94. The summed E-state index contributed by atoms with van der Waals surface area (Å²) < 4.78 is 1.94. The summed E-state index contributed by atoms with van der Waals surface area (Å²) in [5, 5.41) is 4.53. The molecule has 0 unspecified atom stereocenters. The van der Waals surface area contributed by atoms with Gasteiger partial charge < -0.3 is 5.73 Å². The maximum absolute atomic E-state index is 5.58. The molecule has 2 rings (SSSR count). The lowest BCUT2D eigenvalue weighted by Crippen LogP contribution is -2.02. The van der Waals surface area contributed by atoms with Gasteiger partial charge in [0.15, 0.2) is 0 Å². The number of nitrogens with zero attached hydrogens (tertiary/aromatic N) is 2. The van der Waals surface area contributed by atoms with Crippen molar-refractivity contribution < 1.29 is 0 Å². The lowest BCUT2D eigenvalue weighted by molar-refractivity contribution is 0.861. The van der Waals surface area contributed by atoms with Gasteiger partial charge in [-0.2, -0.15) is 5.10 Å². The Hall–Kier alpha value is -1.61. The molecule has 1 heterocycles. The molecule has 0 fully saturated rings. The maximum atomic E-state index is 5.58. The Bertz CT molecular complexity index is 526. The van der Waals surface area contributed by atoms with Crippen molar-refractivity contribution in [2.24, 2.45) is 5.73 Å². The van der Waals surface area contributed by atoms with Gasteiger partial charge in [-0.1, -0.05) is 6.07 Å². The molecular formula is C14H19N3. The number of hydrogen-bond donors (Lipinski definition) is 1. The van der Waals surface area contributed by atoms with Gasteiger partial charge in [0, 0.05) is 6.20 Å². The molecule has 0 atom stereocenters. The van der Waals surface area contributed by atoms with Gasteiger partial charge in [0.05, 0.1) is 11.4 Å². The standard InChI is InChI=1S/C14H19N3/c1-10-4-5-14(8-11(10)2)17-9-13(6-7-15)12(3)16-17/h4-5,8-9H,6-7,15H2,1-3H3. The monoisotopic (exact) mass is 229 g/mol. The SMILES string of the molecule is Cc1ccc(-n2cc(CCN)c(C)n2)cc1C. The lowest BCUT2D eigenvalue weighted by atomic mass is 10.1. The van der Waals surface area contributed by atoms with E-state index in [1.807, 2.05) is 11.6 Å². The predicted octanol–water partition coefficient (Wildman–Crippen LogP) is 2.30. The van der Waals surface area contributed by atoms with Gasteiger partial charge in [0.1, 0.15) is 0 Å². The molecule has 2 aromatic rings. The summed E-state index contributed by atoms with van der Waals surface area (Å²) in [5.74, 6) is 0. The molecule has 0 saturated carbocycles. The molecule has 3 heteroatoms. The first kappa shape index (κ1) is 11.9. The van der Waals surface area contributed by atoms with Gasteiger partial charge in [0.25, 0.3) is 0 Å². The van der Waals surface area contributed by atoms with Crippen molar-refractivity contribution in [3.05, 3.63) is 46.8 Å². The molecular weight excluding hydrogens is 210 g/mol. The molecule has 0 radical (unpaired) electrons. The molecule has 0 bridgehead atoms. The van der Waals surface area contributed by atoms with E-state index in [-0.39, 0.29) is 0 Å². The maximum Gasteiger partial charge on any atom is 0.0648 e. The molecule has 0 aliphatic carbocycles. The molecule has 0 saturated heterocycles. The zero-order valence-electron chi connectivity index (χ0n) is 10.7. The van der Waals surface area contributed by atoms with Crippen LogP contribution >= 0.6 is 0 Å². The van der Waals surface area contributed by atoms with Crippen LogP contribution in [0.5, 0.6) is 0 Å². The molecule has 3 nitrogen and oxygen atoms in total. The van der Waals surface area contributed by atoms with Gasteiger partial charge in [-0.15, -0.1) is 0 Å². The average molecular weight is 229 g/mol. The van der Waals surface area contributed by atoms with Crippen molar-refractivity contribution in [3.63, 3.8) is 0 Å². The topological polar surface area (TPSA) is 43.8 Å². The number of benzene rings is 1. The fourth-order valence-corrected chi connectivity index (χ4v) is 1.90. The molecule has 0 spiro atoms. The number of aromatic nitrogens is 2. The minimum atomic E-state index is 0.666. The highest BCUT2D eigenvalue weighted by Gasteiger charge is 2.06. The summed E-state index contributed by atoms with van der Waals surface area (Å²) in [6.07, 6.45) is 2.96. The van der Waals surface area contributed by atoms with Crippen LogP contribution in [-0.4, -0.2) is 16.3 Å². The highest BCUT2D eigenvalue weighted by Crippen LogP contribution is 2.15. The van der Waals surface area contributed by atoms with Crippen LogP contribution in [0.25, 0.3) is 5.69 Å². The molecule has 0 aliphatic heterocycles. The van der Waals surface area contributed by atoms with E-state index in [9.17, 15) is 0 Å². The quantitative estimate of drug-likeness (QED) is 0.877. The second-order valence-corrected chi connectivity index (χ2v) is 4.49. The zero-order chi connectivity index (χ0) is 12.4. The van der Waals surface area contributed by atoms with Crippen molar-refractivity contribution >= 4 is 0 Å². The third kappa shape index (κ3) is 2.39. The number of aryl methyl sites for hydroxylation is 3. The van der Waals surface area contributed by atoms with Crippen molar-refractivity contribution in [2.75, 3.05) is 6.54 Å². The minimum Gasteiger partial charge on any atom is -0.330 e. The van der Waals surface area contributed by atoms with E-state index >= 15 is 0 Å². The van der Waals surface area contributed by atoms with Gasteiger partial charge in [-0.05, 0) is 62.6 Å². The van der Waals surface area contributed by atoms with E-state index < -0.39 is 0 Å². The van der Waals surface area contributed by atoms with Crippen LogP contribution in [0.2, 0.25) is 0 Å². The first-order valence-corrected chi connectivity index (χ1v) is 5.94. The lowest BCUT2D eigenvalue weighted by Gasteiger charge is -2.04. The third-order valence-electron chi connectivity index (χ3n) is 3.17. The molecule has 17 heavy (non-hydrogen) atoms. The summed E-state index contributed by atoms with van der Waals surface area (Å²) >= 11 is 0. The van der Waals surface area contributed by atoms with Crippen molar-refractivity contribution in [1.29, 1.82) is 0 Å². The second-order valence-electron chi connectivity index (χ2n) is 4.49. The third-order valence-corrected chi connectivity index (χ3v) is 3.17. The van der Waals surface area contributed by atoms with Crippen molar-refractivity contribution in [2.45, 2.75) is 27.2 Å². The summed E-state index contributed by atoms with van der Waals surface area (Å²) in [7, 11) is 0. The fraction of sp³-hybridized carbons (Fsp3) is 0.357.